The van der Waals surface area contributed by atoms with Crippen molar-refractivity contribution < 1.29 is 35.0 Å². The number of ether oxygens (including phenoxy) is 2. The molecule has 7 rings (SSSR count). The first kappa shape index (κ1) is 29.4. The van der Waals surface area contributed by atoms with E-state index in [1.165, 1.54) is 44.9 Å². The van der Waals surface area contributed by atoms with E-state index in [9.17, 15) is 25.5 Å². The molecule has 0 spiro atoms. The van der Waals surface area contributed by atoms with Crippen LogP contribution in [0.4, 0.5) is 0 Å². The maximum absolute atomic E-state index is 11.7. The third-order valence-corrected chi connectivity index (χ3v) is 14.7. The fourth-order valence-electron chi connectivity index (χ4n) is 12.7. The van der Waals surface area contributed by atoms with Crippen LogP contribution in [0.3, 0.4) is 0 Å². The summed E-state index contributed by atoms with van der Waals surface area (Å²) in [5, 5.41) is 52.2. The van der Waals surface area contributed by atoms with E-state index in [0.29, 0.717) is 11.8 Å². The van der Waals surface area contributed by atoms with E-state index in [0.717, 1.165) is 73.0 Å². The quantitative estimate of drug-likeness (QED) is 0.325. The van der Waals surface area contributed by atoms with Crippen LogP contribution in [0, 0.1) is 70.5 Å². The van der Waals surface area contributed by atoms with Gasteiger partial charge in [0.15, 0.2) is 6.29 Å². The maximum atomic E-state index is 11.7. The normalized spacial score (nSPS) is 60.3. The Hall–Kier alpha value is -0.280. The fraction of sp³-hybridized carbons (Fsp3) is 1.00. The zero-order chi connectivity index (χ0) is 28.8. The smallest absolute Gasteiger partial charge is 0.186 e. The van der Waals surface area contributed by atoms with Crippen molar-refractivity contribution in [3.05, 3.63) is 0 Å². The standard InChI is InChI=1S/C34H56O7/c1-16-4-5-20-17(2)21-6-7-22-24(23(21)11-18(20)10-16)13-26-25(22)14-28(36)27-12-19(8-9-34(26,27)3)40-33-32(39)31(38)30(37)29(15-35)41-33/h16-33,35-39H,4-15H2,1-3H3/t16-,17+,18?,19+,20+,21+,22?,23-,24?,25?,26?,27-,28-,29-,30-,31+,32-,33-,34-/m1/s1. The molecule has 7 aliphatic rings. The monoisotopic (exact) mass is 576 g/mol. The molecule has 6 aliphatic carbocycles. The third-order valence-electron chi connectivity index (χ3n) is 14.7. The van der Waals surface area contributed by atoms with Gasteiger partial charge in [-0.2, -0.15) is 0 Å². The van der Waals surface area contributed by atoms with Gasteiger partial charge in [-0.3, -0.25) is 0 Å². The molecule has 19 atom stereocenters. The predicted molar refractivity (Wildman–Crippen MR) is 153 cm³/mol. The molecule has 0 bridgehead atoms. The van der Waals surface area contributed by atoms with Gasteiger partial charge in [-0.1, -0.05) is 27.2 Å². The van der Waals surface area contributed by atoms with Gasteiger partial charge in [0.1, 0.15) is 24.4 Å². The first-order chi connectivity index (χ1) is 19.6. The Bertz CT molecular complexity index is 942. The van der Waals surface area contributed by atoms with Crippen molar-refractivity contribution in [1.29, 1.82) is 0 Å². The highest BCUT2D eigenvalue weighted by atomic mass is 16.7. The average Bonchev–Trinajstić information content (AvgIpc) is 3.34. The molecular formula is C34H56O7. The molecule has 6 saturated carbocycles. The average molecular weight is 577 g/mol. The Morgan fingerprint density at radius 3 is 2.22 bits per heavy atom. The van der Waals surface area contributed by atoms with E-state index in [2.05, 4.69) is 20.8 Å². The van der Waals surface area contributed by atoms with Crippen LogP contribution in [0.5, 0.6) is 0 Å². The molecular weight excluding hydrogens is 520 g/mol. The molecule has 0 aromatic carbocycles. The van der Waals surface area contributed by atoms with Crippen LogP contribution in [-0.2, 0) is 9.47 Å². The topological polar surface area (TPSA) is 120 Å². The molecule has 5 N–H and O–H groups in total. The predicted octanol–water partition coefficient (Wildman–Crippen LogP) is 3.73. The van der Waals surface area contributed by atoms with Crippen molar-refractivity contribution in [2.45, 2.75) is 134 Å². The first-order valence-electron chi connectivity index (χ1n) is 17.2. The highest BCUT2D eigenvalue weighted by Gasteiger charge is 2.63. The lowest BCUT2D eigenvalue weighted by Crippen LogP contribution is -2.60. The largest absolute Gasteiger partial charge is 0.394 e. The summed E-state index contributed by atoms with van der Waals surface area (Å²) in [6, 6.07) is 0. The van der Waals surface area contributed by atoms with Crippen molar-refractivity contribution in [1.82, 2.24) is 0 Å². The maximum Gasteiger partial charge on any atom is 0.186 e. The molecule has 0 amide bonds. The van der Waals surface area contributed by atoms with Gasteiger partial charge in [-0.05, 0) is 135 Å². The van der Waals surface area contributed by atoms with Gasteiger partial charge in [0.05, 0.1) is 18.8 Å². The van der Waals surface area contributed by atoms with Crippen molar-refractivity contribution in [2.24, 2.45) is 70.5 Å². The SMILES string of the molecule is C[C@@H]1CC[C@@H]2C(C1)C[C@H]1C3CC4C(C[C@@H](O)[C@H]5C[C@@H](O[C@@H]6O[C@H](CO)[C@@H](O)[C@H](O)[C@H]6O)CC[C@]45C)C3CC[C@H]1[C@H]2C. The van der Waals surface area contributed by atoms with Gasteiger partial charge in [-0.25, -0.2) is 0 Å². The number of aliphatic hydroxyl groups is 5. The van der Waals surface area contributed by atoms with Crippen LogP contribution in [0.15, 0.2) is 0 Å². The Labute approximate surface area is 246 Å². The third kappa shape index (κ3) is 4.69. The highest BCUT2D eigenvalue weighted by molar-refractivity contribution is 5.12. The molecule has 1 saturated heterocycles. The lowest BCUT2D eigenvalue weighted by Gasteiger charge is -2.56. The molecule has 7 fully saturated rings. The van der Waals surface area contributed by atoms with Gasteiger partial charge in [0.25, 0.3) is 0 Å². The summed E-state index contributed by atoms with van der Waals surface area (Å²) in [4.78, 5) is 0. The summed E-state index contributed by atoms with van der Waals surface area (Å²) in [7, 11) is 0. The van der Waals surface area contributed by atoms with Crippen molar-refractivity contribution in [3.63, 3.8) is 0 Å². The van der Waals surface area contributed by atoms with Crippen molar-refractivity contribution in [3.8, 4) is 0 Å². The summed E-state index contributed by atoms with van der Waals surface area (Å²) < 4.78 is 11.9. The van der Waals surface area contributed by atoms with Gasteiger partial charge in [0.2, 0.25) is 0 Å². The van der Waals surface area contributed by atoms with E-state index in [4.69, 9.17) is 9.47 Å². The van der Waals surface area contributed by atoms with E-state index in [1.54, 1.807) is 0 Å². The molecule has 1 aliphatic heterocycles. The molecule has 0 aromatic heterocycles. The summed E-state index contributed by atoms with van der Waals surface area (Å²) in [5.74, 6) is 8.49. The summed E-state index contributed by atoms with van der Waals surface area (Å²) in [6.07, 6.45) is 6.55. The van der Waals surface area contributed by atoms with Crippen LogP contribution in [0.1, 0.15) is 91.4 Å². The molecule has 7 heteroatoms. The first-order valence-corrected chi connectivity index (χ1v) is 17.2. The number of hydrogen-bond donors (Lipinski definition) is 5. The van der Waals surface area contributed by atoms with Crippen molar-refractivity contribution >= 4 is 0 Å². The number of rotatable bonds is 3. The fourth-order valence-corrected chi connectivity index (χ4v) is 12.7. The van der Waals surface area contributed by atoms with Gasteiger partial charge in [0, 0.05) is 0 Å². The van der Waals surface area contributed by atoms with E-state index in [1.807, 2.05) is 0 Å². The number of fused-ring (bicyclic) bond motifs is 8. The highest BCUT2D eigenvalue weighted by Crippen LogP contribution is 2.68. The second kappa shape index (κ2) is 11.0. The molecule has 5 unspecified atom stereocenters. The van der Waals surface area contributed by atoms with Crippen LogP contribution in [0.2, 0.25) is 0 Å². The van der Waals surface area contributed by atoms with E-state index < -0.39 is 37.3 Å². The minimum Gasteiger partial charge on any atom is -0.394 e. The minimum atomic E-state index is -1.43. The van der Waals surface area contributed by atoms with E-state index in [-0.39, 0.29) is 23.5 Å². The van der Waals surface area contributed by atoms with Crippen molar-refractivity contribution in [2.75, 3.05) is 6.61 Å². The Kier molecular flexibility index (Phi) is 7.87. The summed E-state index contributed by atoms with van der Waals surface area (Å²) in [6.45, 7) is 7.08. The molecule has 1 heterocycles. The van der Waals surface area contributed by atoms with Crippen LogP contribution < -0.4 is 0 Å². The van der Waals surface area contributed by atoms with Gasteiger partial charge >= 0.3 is 0 Å². The molecule has 7 nitrogen and oxygen atoms in total. The Morgan fingerprint density at radius 2 is 1.44 bits per heavy atom. The second-order valence-electron chi connectivity index (χ2n) is 16.3. The Balaban J connectivity index is 1.06. The zero-order valence-electron chi connectivity index (χ0n) is 25.4. The van der Waals surface area contributed by atoms with E-state index >= 15 is 0 Å². The van der Waals surface area contributed by atoms with Crippen LogP contribution in [0.25, 0.3) is 0 Å². The lowest BCUT2D eigenvalue weighted by molar-refractivity contribution is -0.317. The van der Waals surface area contributed by atoms with Crippen LogP contribution >= 0.6 is 0 Å². The minimum absolute atomic E-state index is 0.0899. The molecule has 0 aromatic rings. The number of hydrogen-bond acceptors (Lipinski definition) is 7. The molecule has 0 radical (unpaired) electrons. The molecule has 234 valence electrons. The van der Waals surface area contributed by atoms with Gasteiger partial charge in [-0.15, -0.1) is 0 Å². The Morgan fingerprint density at radius 1 is 0.707 bits per heavy atom. The summed E-state index contributed by atoms with van der Waals surface area (Å²) in [5.41, 5.74) is 0.0899. The second-order valence-corrected chi connectivity index (χ2v) is 16.3. The van der Waals surface area contributed by atoms with Crippen LogP contribution in [-0.4, -0.2) is 75.1 Å². The summed E-state index contributed by atoms with van der Waals surface area (Å²) >= 11 is 0. The van der Waals surface area contributed by atoms with Gasteiger partial charge < -0.3 is 35.0 Å². The lowest BCUT2D eigenvalue weighted by atomic mass is 9.50. The molecule has 41 heavy (non-hydrogen) atoms. The zero-order valence-corrected chi connectivity index (χ0v) is 25.4. The number of aliphatic hydroxyl groups excluding tert-OH is 5.